The number of sulfonamides is 1. The van der Waals surface area contributed by atoms with Gasteiger partial charge in [0.25, 0.3) is 10.0 Å². The number of fused-ring (bicyclic) bond motifs is 1. The van der Waals surface area contributed by atoms with Crippen molar-refractivity contribution in [3.63, 3.8) is 0 Å². The third-order valence-electron chi connectivity index (χ3n) is 3.69. The normalized spacial score (nSPS) is 20.3. The molecule has 0 amide bonds. The van der Waals surface area contributed by atoms with Crippen LogP contribution in [0.4, 0.5) is 0 Å². The Morgan fingerprint density at radius 1 is 1.14 bits per heavy atom. The van der Waals surface area contributed by atoms with Crippen molar-refractivity contribution in [2.75, 3.05) is 26.2 Å². The second-order valence-electron chi connectivity index (χ2n) is 5.12. The number of benzene rings is 1. The maximum atomic E-state index is 11.9. The minimum atomic E-state index is -3.56. The Hall–Kier alpha value is -1.11. The lowest BCUT2D eigenvalue weighted by atomic mass is 10.1. The highest BCUT2D eigenvalue weighted by Crippen LogP contribution is 2.26. The Bertz CT molecular complexity index is 625. The quantitative estimate of drug-likeness (QED) is 0.851. The molecule has 0 aromatic heterocycles. The first-order chi connectivity index (χ1) is 9.67. The minimum absolute atomic E-state index is 0. The van der Waals surface area contributed by atoms with E-state index in [9.17, 15) is 8.42 Å². The van der Waals surface area contributed by atoms with Crippen molar-refractivity contribution in [1.29, 1.82) is 0 Å². The summed E-state index contributed by atoms with van der Waals surface area (Å²) in [6, 6.07) is 6.79. The first kappa shape index (κ1) is 16.3. The van der Waals surface area contributed by atoms with E-state index in [1.165, 1.54) is 19.3 Å². The molecule has 3 rings (SSSR count). The molecule has 7 heteroatoms. The highest BCUT2D eigenvalue weighted by molar-refractivity contribution is 7.90. The average molecular weight is 331 g/mol. The zero-order valence-electron chi connectivity index (χ0n) is 11.7. The Kier molecular flexibility index (Phi) is 5.24. The summed E-state index contributed by atoms with van der Waals surface area (Å²) in [5.74, 6) is 0.234. The minimum Gasteiger partial charge on any atom is -0.475 e. The molecule has 0 atom stereocenters. The van der Waals surface area contributed by atoms with Crippen molar-refractivity contribution >= 4 is 28.3 Å². The average Bonchev–Trinajstić information content (AvgIpc) is 2.72. The van der Waals surface area contributed by atoms with Gasteiger partial charge in [0.2, 0.25) is 5.90 Å². The topological polar surface area (TPSA) is 59.0 Å². The maximum Gasteiger partial charge on any atom is 0.286 e. The van der Waals surface area contributed by atoms with Crippen LogP contribution in [0, 0.1) is 0 Å². The highest BCUT2D eigenvalue weighted by Gasteiger charge is 2.29. The van der Waals surface area contributed by atoms with Crippen molar-refractivity contribution in [1.82, 2.24) is 4.90 Å². The van der Waals surface area contributed by atoms with E-state index in [4.69, 9.17) is 4.74 Å². The van der Waals surface area contributed by atoms with E-state index in [1.54, 1.807) is 24.3 Å². The molecule has 0 N–H and O–H groups in total. The monoisotopic (exact) mass is 330 g/mol. The van der Waals surface area contributed by atoms with Crippen LogP contribution >= 0.6 is 12.4 Å². The Balaban J connectivity index is 0.00000161. The van der Waals surface area contributed by atoms with Gasteiger partial charge >= 0.3 is 0 Å². The third kappa shape index (κ3) is 3.56. The fourth-order valence-electron chi connectivity index (χ4n) is 2.63. The molecular weight excluding hydrogens is 312 g/mol. The van der Waals surface area contributed by atoms with Crippen LogP contribution in [0.2, 0.25) is 0 Å². The molecule has 116 valence electrons. The molecule has 0 bridgehead atoms. The number of hydrogen-bond donors (Lipinski definition) is 0. The second kappa shape index (κ2) is 6.77. The number of ether oxygens (including phenoxy) is 1. The summed E-state index contributed by atoms with van der Waals surface area (Å²) in [6.45, 7) is 3.50. The van der Waals surface area contributed by atoms with E-state index >= 15 is 0 Å². The molecule has 2 aliphatic rings. The van der Waals surface area contributed by atoms with E-state index < -0.39 is 10.0 Å². The van der Waals surface area contributed by atoms with E-state index in [1.807, 2.05) is 0 Å². The fraction of sp³-hybridized carbons (Fsp3) is 0.500. The van der Waals surface area contributed by atoms with Gasteiger partial charge in [0.15, 0.2) is 0 Å². The third-order valence-corrected chi connectivity index (χ3v) is 5.01. The molecule has 5 nitrogen and oxygen atoms in total. The molecule has 0 saturated carbocycles. The summed E-state index contributed by atoms with van der Waals surface area (Å²) in [5, 5.41) is 0. The number of hydrogen-bond acceptors (Lipinski definition) is 4. The van der Waals surface area contributed by atoms with Crippen LogP contribution in [0.1, 0.15) is 24.8 Å². The van der Waals surface area contributed by atoms with Crippen LogP contribution in [0.25, 0.3) is 0 Å². The number of halogens is 1. The van der Waals surface area contributed by atoms with Crippen LogP contribution < -0.4 is 0 Å². The zero-order chi connectivity index (χ0) is 14.0. The van der Waals surface area contributed by atoms with Crippen molar-refractivity contribution in [3.05, 3.63) is 29.8 Å². The van der Waals surface area contributed by atoms with E-state index in [2.05, 4.69) is 9.30 Å². The standard InChI is InChI=1S/C14H18N2O3S.ClH/c17-20(18)13-7-3-2-6-12(13)14(15-20)19-11-10-16-8-4-1-5-9-16;/h2-3,6-7H,1,4-5,8-11H2;1H. The summed E-state index contributed by atoms with van der Waals surface area (Å²) in [5.41, 5.74) is 0.575. The smallest absolute Gasteiger partial charge is 0.286 e. The van der Waals surface area contributed by atoms with Crippen molar-refractivity contribution < 1.29 is 13.2 Å². The zero-order valence-corrected chi connectivity index (χ0v) is 13.3. The van der Waals surface area contributed by atoms with Crippen molar-refractivity contribution in [2.24, 2.45) is 4.40 Å². The van der Waals surface area contributed by atoms with Gasteiger partial charge in [0.1, 0.15) is 11.5 Å². The van der Waals surface area contributed by atoms with Gasteiger partial charge in [-0.1, -0.05) is 18.6 Å². The lowest BCUT2D eigenvalue weighted by molar-refractivity contribution is 0.179. The van der Waals surface area contributed by atoms with Gasteiger partial charge < -0.3 is 4.74 Å². The molecule has 2 aliphatic heterocycles. The van der Waals surface area contributed by atoms with E-state index in [0.717, 1.165) is 19.6 Å². The van der Waals surface area contributed by atoms with Crippen LogP contribution in [0.15, 0.2) is 33.6 Å². The lowest BCUT2D eigenvalue weighted by Gasteiger charge is -2.26. The molecule has 1 aromatic carbocycles. The second-order valence-corrected chi connectivity index (χ2v) is 6.69. The Morgan fingerprint density at radius 2 is 1.86 bits per heavy atom. The van der Waals surface area contributed by atoms with Gasteiger partial charge in [0.05, 0.1) is 5.56 Å². The van der Waals surface area contributed by atoms with Crippen LogP contribution in [0.5, 0.6) is 0 Å². The van der Waals surface area contributed by atoms with E-state index in [-0.39, 0.29) is 23.2 Å². The predicted octanol–water partition coefficient (Wildman–Crippen LogP) is 2.06. The largest absolute Gasteiger partial charge is 0.475 e. The molecule has 0 radical (unpaired) electrons. The summed E-state index contributed by atoms with van der Waals surface area (Å²) in [4.78, 5) is 2.59. The molecular formula is C14H19ClN2O3S. The highest BCUT2D eigenvalue weighted by atomic mass is 35.5. The number of likely N-dealkylation sites (tertiary alicyclic amines) is 1. The fourth-order valence-corrected chi connectivity index (χ4v) is 3.79. The molecule has 21 heavy (non-hydrogen) atoms. The summed E-state index contributed by atoms with van der Waals surface area (Å²) >= 11 is 0. The molecule has 1 aromatic rings. The van der Waals surface area contributed by atoms with Crippen molar-refractivity contribution in [3.8, 4) is 0 Å². The molecule has 1 saturated heterocycles. The van der Waals surface area contributed by atoms with Gasteiger partial charge in [-0.15, -0.1) is 16.8 Å². The first-order valence-corrected chi connectivity index (χ1v) is 8.40. The number of nitrogens with zero attached hydrogens (tertiary/aromatic N) is 2. The van der Waals surface area contributed by atoms with Crippen LogP contribution in [-0.4, -0.2) is 45.5 Å². The van der Waals surface area contributed by atoms with Gasteiger partial charge in [-0.25, -0.2) is 0 Å². The molecule has 0 spiro atoms. The van der Waals surface area contributed by atoms with Gasteiger partial charge in [-0.2, -0.15) is 8.42 Å². The number of piperidine rings is 1. The maximum absolute atomic E-state index is 11.9. The SMILES string of the molecule is Cl.O=S1(=O)N=C(OCCN2CCCCC2)c2ccccc21. The summed E-state index contributed by atoms with van der Waals surface area (Å²) in [6.07, 6.45) is 3.77. The van der Waals surface area contributed by atoms with Crippen molar-refractivity contribution in [2.45, 2.75) is 24.2 Å². The first-order valence-electron chi connectivity index (χ1n) is 6.96. The summed E-state index contributed by atoms with van der Waals surface area (Å²) < 4.78 is 33.0. The van der Waals surface area contributed by atoms with Crippen LogP contribution in [-0.2, 0) is 14.8 Å². The Labute approximate surface area is 131 Å². The van der Waals surface area contributed by atoms with Gasteiger partial charge in [-0.3, -0.25) is 4.90 Å². The van der Waals surface area contributed by atoms with E-state index in [0.29, 0.717) is 12.2 Å². The predicted molar refractivity (Wildman–Crippen MR) is 83.7 cm³/mol. The molecule has 0 unspecified atom stereocenters. The van der Waals surface area contributed by atoms with Gasteiger partial charge in [-0.05, 0) is 38.1 Å². The summed E-state index contributed by atoms with van der Waals surface area (Å²) in [7, 11) is -3.56. The molecule has 2 heterocycles. The molecule has 0 aliphatic carbocycles. The van der Waals surface area contributed by atoms with Crippen LogP contribution in [0.3, 0.4) is 0 Å². The Morgan fingerprint density at radius 3 is 2.62 bits per heavy atom. The molecule has 1 fully saturated rings. The van der Waals surface area contributed by atoms with Gasteiger partial charge in [0, 0.05) is 6.54 Å². The lowest BCUT2D eigenvalue weighted by Crippen LogP contribution is -2.33. The number of rotatable bonds is 3.